The van der Waals surface area contributed by atoms with Crippen LogP contribution in [0.4, 0.5) is 11.4 Å². The van der Waals surface area contributed by atoms with Crippen LogP contribution in [0.25, 0.3) is 11.0 Å². The van der Waals surface area contributed by atoms with E-state index in [2.05, 4.69) is 14.9 Å². The molecular formula is C10H8N6O. The van der Waals surface area contributed by atoms with Crippen molar-refractivity contribution >= 4 is 22.4 Å². The third-order valence-corrected chi connectivity index (χ3v) is 2.29. The van der Waals surface area contributed by atoms with Crippen LogP contribution < -0.4 is 10.6 Å². The van der Waals surface area contributed by atoms with Gasteiger partial charge in [-0.1, -0.05) is 0 Å². The Labute approximate surface area is 96.6 Å². The summed E-state index contributed by atoms with van der Waals surface area (Å²) in [7, 11) is 0. The predicted octanol–water partition coefficient (Wildman–Crippen LogP) is 0.659. The van der Waals surface area contributed by atoms with E-state index < -0.39 is 0 Å². The Morgan fingerprint density at radius 3 is 2.47 bits per heavy atom. The van der Waals surface area contributed by atoms with Crippen molar-refractivity contribution in [2.75, 3.05) is 23.7 Å². The summed E-state index contributed by atoms with van der Waals surface area (Å²) in [5.74, 6) is 0. The number of anilines is 2. The molecule has 0 bridgehead atoms. The molecule has 0 atom stereocenters. The van der Waals surface area contributed by atoms with Gasteiger partial charge in [-0.25, -0.2) is 4.63 Å². The summed E-state index contributed by atoms with van der Waals surface area (Å²) in [6, 6.07) is 7.31. The zero-order chi connectivity index (χ0) is 12.3. The molecule has 0 spiro atoms. The number of nitrogen functional groups attached to an aromatic ring is 1. The van der Waals surface area contributed by atoms with Gasteiger partial charge in [0.05, 0.1) is 23.5 Å². The van der Waals surface area contributed by atoms with Gasteiger partial charge in [0.2, 0.25) is 0 Å². The highest BCUT2D eigenvalue weighted by atomic mass is 16.6. The molecule has 7 heteroatoms. The molecule has 0 saturated carbocycles. The zero-order valence-corrected chi connectivity index (χ0v) is 8.79. The lowest BCUT2D eigenvalue weighted by atomic mass is 10.2. The summed E-state index contributed by atoms with van der Waals surface area (Å²) < 4.78 is 4.62. The maximum atomic E-state index is 8.72. The second-order valence-electron chi connectivity index (χ2n) is 3.31. The first-order chi connectivity index (χ1) is 8.27. The van der Waals surface area contributed by atoms with Crippen molar-refractivity contribution in [2.45, 2.75) is 0 Å². The normalized spacial score (nSPS) is 9.76. The van der Waals surface area contributed by atoms with Crippen LogP contribution in [0.5, 0.6) is 0 Å². The summed E-state index contributed by atoms with van der Waals surface area (Å²) in [5, 5.41) is 24.8. The molecule has 7 nitrogen and oxygen atoms in total. The minimum atomic E-state index is 0.0828. The molecule has 0 fully saturated rings. The van der Waals surface area contributed by atoms with Crippen LogP contribution >= 0.6 is 0 Å². The topological polar surface area (TPSA) is 116 Å². The molecule has 0 aliphatic rings. The highest BCUT2D eigenvalue weighted by molar-refractivity contribution is 5.95. The number of aromatic nitrogens is 2. The lowest BCUT2D eigenvalue weighted by Gasteiger charge is -2.17. The Bertz CT molecular complexity index is 604. The molecule has 0 aliphatic carbocycles. The number of nitrogens with zero attached hydrogens (tertiary/aromatic N) is 5. The Morgan fingerprint density at radius 2 is 1.82 bits per heavy atom. The van der Waals surface area contributed by atoms with E-state index in [9.17, 15) is 0 Å². The van der Waals surface area contributed by atoms with Crippen LogP contribution in [0.3, 0.4) is 0 Å². The minimum absolute atomic E-state index is 0.0828. The van der Waals surface area contributed by atoms with Crippen LogP contribution in [0, 0.1) is 22.7 Å². The van der Waals surface area contributed by atoms with Crippen LogP contribution in [-0.4, -0.2) is 23.4 Å². The van der Waals surface area contributed by atoms with Gasteiger partial charge in [0, 0.05) is 0 Å². The van der Waals surface area contributed by atoms with E-state index >= 15 is 0 Å². The fourth-order valence-electron chi connectivity index (χ4n) is 1.52. The number of fused-ring (bicyclic) bond motifs is 1. The van der Waals surface area contributed by atoms with E-state index in [1.54, 1.807) is 17.0 Å². The Kier molecular flexibility index (Phi) is 2.75. The molecule has 84 valence electrons. The standard InChI is InChI=1S/C10H8N6O/c11-3-5-16(6-4-12)8-2-1-7(13)9-10(8)15-17-14-9/h1-2H,5-6,13H2. The maximum Gasteiger partial charge on any atom is 0.160 e. The highest BCUT2D eigenvalue weighted by Gasteiger charge is 2.15. The van der Waals surface area contributed by atoms with Crippen molar-refractivity contribution < 1.29 is 4.63 Å². The van der Waals surface area contributed by atoms with Crippen molar-refractivity contribution in [3.8, 4) is 12.1 Å². The number of nitriles is 2. The van der Waals surface area contributed by atoms with Crippen LogP contribution in [0.2, 0.25) is 0 Å². The van der Waals surface area contributed by atoms with Gasteiger partial charge in [-0.15, -0.1) is 0 Å². The SMILES string of the molecule is N#CCN(CC#N)c1ccc(N)c2nonc12. The molecule has 2 aromatic rings. The Hall–Kier alpha value is -2.80. The number of hydrogen-bond donors (Lipinski definition) is 1. The first kappa shape index (κ1) is 10.7. The second kappa shape index (κ2) is 4.37. The first-order valence-electron chi connectivity index (χ1n) is 4.77. The van der Waals surface area contributed by atoms with Gasteiger partial charge in [0.1, 0.15) is 13.1 Å². The monoisotopic (exact) mass is 228 g/mol. The average Bonchev–Trinajstić information content (AvgIpc) is 2.79. The number of nitrogens with two attached hydrogens (primary N) is 1. The van der Waals surface area contributed by atoms with E-state index in [0.717, 1.165) is 0 Å². The number of benzene rings is 1. The molecule has 17 heavy (non-hydrogen) atoms. The largest absolute Gasteiger partial charge is 0.397 e. The molecule has 0 radical (unpaired) electrons. The van der Waals surface area contributed by atoms with Crippen molar-refractivity contribution in [2.24, 2.45) is 0 Å². The summed E-state index contributed by atoms with van der Waals surface area (Å²) >= 11 is 0. The van der Waals surface area contributed by atoms with Gasteiger partial charge in [-0.05, 0) is 22.4 Å². The van der Waals surface area contributed by atoms with E-state index in [-0.39, 0.29) is 13.1 Å². The molecule has 0 amide bonds. The lowest BCUT2D eigenvalue weighted by Crippen LogP contribution is -2.24. The van der Waals surface area contributed by atoms with E-state index in [1.807, 2.05) is 12.1 Å². The lowest BCUT2D eigenvalue weighted by molar-refractivity contribution is 0.315. The fraction of sp³-hybridized carbons (Fsp3) is 0.200. The zero-order valence-electron chi connectivity index (χ0n) is 8.79. The van der Waals surface area contributed by atoms with Crippen LogP contribution in [0.1, 0.15) is 0 Å². The molecular weight excluding hydrogens is 220 g/mol. The Morgan fingerprint density at radius 1 is 1.18 bits per heavy atom. The summed E-state index contributed by atoms with van der Waals surface area (Å²) in [5.41, 5.74) is 7.65. The Balaban J connectivity index is 2.54. The molecule has 1 heterocycles. The fourth-order valence-corrected chi connectivity index (χ4v) is 1.52. The molecule has 1 aromatic carbocycles. The molecule has 0 saturated heterocycles. The summed E-state index contributed by atoms with van der Waals surface area (Å²) in [6.45, 7) is 0.166. The second-order valence-corrected chi connectivity index (χ2v) is 3.31. The summed E-state index contributed by atoms with van der Waals surface area (Å²) in [6.07, 6.45) is 0. The third kappa shape index (κ3) is 1.82. The van der Waals surface area contributed by atoms with Crippen LogP contribution in [0.15, 0.2) is 16.8 Å². The van der Waals surface area contributed by atoms with E-state index in [4.69, 9.17) is 16.3 Å². The first-order valence-corrected chi connectivity index (χ1v) is 4.77. The van der Waals surface area contributed by atoms with E-state index in [1.165, 1.54) is 0 Å². The van der Waals surface area contributed by atoms with Crippen LogP contribution in [-0.2, 0) is 0 Å². The van der Waals surface area contributed by atoms with Gasteiger partial charge >= 0.3 is 0 Å². The molecule has 0 unspecified atom stereocenters. The maximum absolute atomic E-state index is 8.72. The minimum Gasteiger partial charge on any atom is -0.397 e. The van der Waals surface area contributed by atoms with E-state index in [0.29, 0.717) is 22.4 Å². The number of hydrogen-bond acceptors (Lipinski definition) is 7. The molecule has 2 rings (SSSR count). The third-order valence-electron chi connectivity index (χ3n) is 2.29. The van der Waals surface area contributed by atoms with Gasteiger partial charge in [0.25, 0.3) is 0 Å². The van der Waals surface area contributed by atoms with Crippen molar-refractivity contribution in [3.63, 3.8) is 0 Å². The molecule has 1 aromatic heterocycles. The predicted molar refractivity (Wildman–Crippen MR) is 59.7 cm³/mol. The van der Waals surface area contributed by atoms with Crippen molar-refractivity contribution in [1.82, 2.24) is 10.3 Å². The van der Waals surface area contributed by atoms with Gasteiger partial charge in [-0.2, -0.15) is 10.5 Å². The number of rotatable bonds is 3. The average molecular weight is 228 g/mol. The van der Waals surface area contributed by atoms with Crippen molar-refractivity contribution in [3.05, 3.63) is 12.1 Å². The van der Waals surface area contributed by atoms with Gasteiger partial charge < -0.3 is 10.6 Å². The smallest absolute Gasteiger partial charge is 0.160 e. The van der Waals surface area contributed by atoms with Crippen molar-refractivity contribution in [1.29, 1.82) is 10.5 Å². The van der Waals surface area contributed by atoms with Gasteiger partial charge in [-0.3, -0.25) is 0 Å². The van der Waals surface area contributed by atoms with Gasteiger partial charge in [0.15, 0.2) is 11.0 Å². The summed E-state index contributed by atoms with van der Waals surface area (Å²) in [4.78, 5) is 1.58. The molecule has 2 N–H and O–H groups in total. The highest BCUT2D eigenvalue weighted by Crippen LogP contribution is 2.27. The quantitative estimate of drug-likeness (QED) is 0.605. The molecule has 0 aliphatic heterocycles.